The normalized spacial score (nSPS) is 19.8. The van der Waals surface area contributed by atoms with Crippen LogP contribution in [0.4, 0.5) is 5.82 Å². The molecule has 0 saturated carbocycles. The molecule has 5 nitrogen and oxygen atoms in total. The van der Waals surface area contributed by atoms with Gasteiger partial charge in [-0.15, -0.1) is 0 Å². The molecule has 1 amide bonds. The van der Waals surface area contributed by atoms with E-state index in [1.807, 2.05) is 20.9 Å². The van der Waals surface area contributed by atoms with Gasteiger partial charge in [0.1, 0.15) is 5.82 Å². The maximum Gasteiger partial charge on any atom is 0.242 e. The Kier molecular flexibility index (Phi) is 2.48. The van der Waals surface area contributed by atoms with E-state index < -0.39 is 0 Å². The largest absolute Gasteiger partial charge is 0.309 e. The van der Waals surface area contributed by atoms with Crippen LogP contribution in [0.3, 0.4) is 0 Å². The van der Waals surface area contributed by atoms with E-state index >= 15 is 0 Å². The van der Waals surface area contributed by atoms with E-state index in [0.717, 1.165) is 30.0 Å². The number of nitrogens with zero attached hydrogens (tertiary/aromatic N) is 2. The van der Waals surface area contributed by atoms with E-state index in [4.69, 9.17) is 0 Å². The molecule has 0 spiro atoms. The quantitative estimate of drug-likeness (QED) is 0.736. The topological polar surface area (TPSA) is 59.0 Å². The Bertz CT molecular complexity index is 392. The highest BCUT2D eigenvalue weighted by Crippen LogP contribution is 2.17. The van der Waals surface area contributed by atoms with Gasteiger partial charge in [0, 0.05) is 12.6 Å². The number of rotatable bonds is 2. The van der Waals surface area contributed by atoms with E-state index in [1.54, 1.807) is 4.68 Å². The van der Waals surface area contributed by atoms with E-state index in [-0.39, 0.29) is 11.9 Å². The molecule has 0 unspecified atom stereocenters. The predicted octanol–water partition coefficient (Wildman–Crippen LogP) is 0.337. The molecule has 1 aromatic heterocycles. The number of aryl methyl sites for hydroxylation is 2. The van der Waals surface area contributed by atoms with Crippen LogP contribution in [0.25, 0.3) is 0 Å². The molecule has 5 heteroatoms. The van der Waals surface area contributed by atoms with Gasteiger partial charge in [0.25, 0.3) is 0 Å². The van der Waals surface area contributed by atoms with Crippen molar-refractivity contribution in [3.8, 4) is 0 Å². The summed E-state index contributed by atoms with van der Waals surface area (Å²) in [6.07, 6.45) is 0.918. The average molecular weight is 208 g/mol. The number of anilines is 1. The molecule has 1 saturated heterocycles. The summed E-state index contributed by atoms with van der Waals surface area (Å²) in [6.45, 7) is 4.83. The summed E-state index contributed by atoms with van der Waals surface area (Å²) < 4.78 is 1.71. The lowest BCUT2D eigenvalue weighted by atomic mass is 10.1. The van der Waals surface area contributed by atoms with Crippen molar-refractivity contribution in [1.29, 1.82) is 0 Å². The number of nitrogens with one attached hydrogen (secondary N) is 2. The third kappa shape index (κ3) is 1.74. The molecule has 15 heavy (non-hydrogen) atoms. The molecule has 0 bridgehead atoms. The number of aromatic nitrogens is 2. The van der Waals surface area contributed by atoms with Crippen molar-refractivity contribution in [1.82, 2.24) is 15.1 Å². The molecule has 0 aliphatic carbocycles. The number of carbonyl (C=O) groups is 1. The van der Waals surface area contributed by atoms with Crippen LogP contribution >= 0.6 is 0 Å². The van der Waals surface area contributed by atoms with E-state index in [9.17, 15) is 4.79 Å². The molecule has 1 aliphatic rings. The zero-order valence-electron chi connectivity index (χ0n) is 9.29. The summed E-state index contributed by atoms with van der Waals surface area (Å²) in [5.74, 6) is 0.832. The molecule has 1 fully saturated rings. The van der Waals surface area contributed by atoms with Gasteiger partial charge in [0.15, 0.2) is 0 Å². The smallest absolute Gasteiger partial charge is 0.242 e. The highest BCUT2D eigenvalue weighted by Gasteiger charge is 2.25. The second kappa shape index (κ2) is 3.66. The summed E-state index contributed by atoms with van der Waals surface area (Å²) in [4.78, 5) is 11.7. The minimum atomic E-state index is -0.0281. The van der Waals surface area contributed by atoms with Crippen LogP contribution in [0.1, 0.15) is 17.7 Å². The van der Waals surface area contributed by atoms with Crippen LogP contribution in [0.5, 0.6) is 0 Å². The summed E-state index contributed by atoms with van der Waals surface area (Å²) >= 11 is 0. The van der Waals surface area contributed by atoms with Crippen LogP contribution < -0.4 is 10.6 Å². The number of hydrogen-bond acceptors (Lipinski definition) is 3. The summed E-state index contributed by atoms with van der Waals surface area (Å²) in [5, 5.41) is 10.2. The van der Waals surface area contributed by atoms with Crippen molar-refractivity contribution >= 4 is 11.7 Å². The van der Waals surface area contributed by atoms with Crippen molar-refractivity contribution in [3.63, 3.8) is 0 Å². The fourth-order valence-electron chi connectivity index (χ4n) is 1.65. The van der Waals surface area contributed by atoms with E-state index in [0.29, 0.717) is 0 Å². The average Bonchev–Trinajstić information content (AvgIpc) is 2.29. The van der Waals surface area contributed by atoms with Crippen LogP contribution in [-0.2, 0) is 11.8 Å². The van der Waals surface area contributed by atoms with Gasteiger partial charge in [0.2, 0.25) is 5.91 Å². The first-order valence-electron chi connectivity index (χ1n) is 5.14. The third-order valence-electron chi connectivity index (χ3n) is 2.90. The standard InChI is InChI=1S/C10H16N4O/c1-6-7(2)13-14(3)9(6)12-10(15)8-4-5-11-8/h8,11H,4-5H2,1-3H3,(H,12,15)/t8-/m1/s1. The van der Waals surface area contributed by atoms with Crippen molar-refractivity contribution in [2.24, 2.45) is 7.05 Å². The monoisotopic (exact) mass is 208 g/mol. The highest BCUT2D eigenvalue weighted by atomic mass is 16.2. The molecule has 0 radical (unpaired) electrons. The Labute approximate surface area is 88.8 Å². The number of hydrogen-bond donors (Lipinski definition) is 2. The van der Waals surface area contributed by atoms with Crippen molar-refractivity contribution < 1.29 is 4.79 Å². The Morgan fingerprint density at radius 1 is 1.60 bits per heavy atom. The van der Waals surface area contributed by atoms with Crippen LogP contribution in [0.2, 0.25) is 0 Å². The first-order chi connectivity index (χ1) is 7.09. The Morgan fingerprint density at radius 2 is 2.27 bits per heavy atom. The van der Waals surface area contributed by atoms with Gasteiger partial charge in [-0.3, -0.25) is 9.48 Å². The highest BCUT2D eigenvalue weighted by molar-refractivity contribution is 5.95. The fourth-order valence-corrected chi connectivity index (χ4v) is 1.65. The Hall–Kier alpha value is -1.36. The van der Waals surface area contributed by atoms with E-state index in [2.05, 4.69) is 15.7 Å². The molecule has 1 aliphatic heterocycles. The maximum absolute atomic E-state index is 11.7. The Balaban J connectivity index is 2.12. The summed E-state index contributed by atoms with van der Waals surface area (Å²) in [7, 11) is 1.84. The second-order valence-electron chi connectivity index (χ2n) is 3.97. The van der Waals surface area contributed by atoms with Crippen LogP contribution in [0.15, 0.2) is 0 Å². The molecule has 2 rings (SSSR count). The van der Waals surface area contributed by atoms with Crippen LogP contribution in [0, 0.1) is 13.8 Å². The lowest BCUT2D eigenvalue weighted by Crippen LogP contribution is -2.51. The van der Waals surface area contributed by atoms with Gasteiger partial charge < -0.3 is 10.6 Å². The molecule has 1 aromatic rings. The van der Waals surface area contributed by atoms with Crippen molar-refractivity contribution in [3.05, 3.63) is 11.3 Å². The van der Waals surface area contributed by atoms with Gasteiger partial charge >= 0.3 is 0 Å². The lowest BCUT2D eigenvalue weighted by molar-refractivity contribution is -0.119. The molecule has 2 heterocycles. The lowest BCUT2D eigenvalue weighted by Gasteiger charge is -2.26. The van der Waals surface area contributed by atoms with Crippen LogP contribution in [-0.4, -0.2) is 28.3 Å². The molecular formula is C10H16N4O. The van der Waals surface area contributed by atoms with Gasteiger partial charge in [-0.25, -0.2) is 0 Å². The maximum atomic E-state index is 11.7. The SMILES string of the molecule is Cc1nn(C)c(NC(=O)[C@H]2CCN2)c1C. The minimum Gasteiger partial charge on any atom is -0.309 e. The second-order valence-corrected chi connectivity index (χ2v) is 3.97. The summed E-state index contributed by atoms with van der Waals surface area (Å²) in [6, 6.07) is -0.0281. The molecule has 1 atom stereocenters. The first kappa shape index (κ1) is 10.2. The summed E-state index contributed by atoms with van der Waals surface area (Å²) in [5.41, 5.74) is 1.99. The zero-order valence-corrected chi connectivity index (χ0v) is 9.29. The van der Waals surface area contributed by atoms with Crippen molar-refractivity contribution in [2.45, 2.75) is 26.3 Å². The van der Waals surface area contributed by atoms with Gasteiger partial charge in [0.05, 0.1) is 11.7 Å². The third-order valence-corrected chi connectivity index (χ3v) is 2.90. The van der Waals surface area contributed by atoms with Gasteiger partial charge in [-0.05, 0) is 26.8 Å². The number of carbonyl (C=O) groups excluding carboxylic acids is 1. The first-order valence-corrected chi connectivity index (χ1v) is 5.14. The minimum absolute atomic E-state index is 0.0281. The molecule has 82 valence electrons. The molecular weight excluding hydrogens is 192 g/mol. The number of amides is 1. The van der Waals surface area contributed by atoms with Crippen molar-refractivity contribution in [2.75, 3.05) is 11.9 Å². The molecule has 0 aromatic carbocycles. The Morgan fingerprint density at radius 3 is 2.67 bits per heavy atom. The van der Waals surface area contributed by atoms with E-state index in [1.165, 1.54) is 0 Å². The molecule has 2 N–H and O–H groups in total. The zero-order chi connectivity index (χ0) is 11.0. The van der Waals surface area contributed by atoms with Gasteiger partial charge in [-0.2, -0.15) is 5.10 Å². The predicted molar refractivity (Wildman–Crippen MR) is 57.7 cm³/mol. The van der Waals surface area contributed by atoms with Gasteiger partial charge in [-0.1, -0.05) is 0 Å². The fraction of sp³-hybridized carbons (Fsp3) is 0.600.